The summed E-state index contributed by atoms with van der Waals surface area (Å²) in [5.41, 5.74) is 1.29. The van der Waals surface area contributed by atoms with Gasteiger partial charge in [0.15, 0.2) is 0 Å². The summed E-state index contributed by atoms with van der Waals surface area (Å²) >= 11 is 0. The molecule has 1 aromatic rings. The number of halogens is 1. The molecule has 0 spiro atoms. The van der Waals surface area contributed by atoms with Gasteiger partial charge in [0.05, 0.1) is 18.0 Å². The van der Waals surface area contributed by atoms with Gasteiger partial charge in [-0.25, -0.2) is 0 Å². The zero-order chi connectivity index (χ0) is 10.4. The van der Waals surface area contributed by atoms with Gasteiger partial charge in [-0.3, -0.25) is 0 Å². The van der Waals surface area contributed by atoms with Gasteiger partial charge in [0.2, 0.25) is 0 Å². The molecule has 0 saturated heterocycles. The van der Waals surface area contributed by atoms with Gasteiger partial charge in [-0.15, -0.1) is 0 Å². The maximum atomic E-state index is 5.09. The molecule has 0 aliphatic carbocycles. The standard InChI is InChI=1S/C12H15OS.ClH/c1-4-14(5-2)10-11-6-8-12(13-3)9-7-11;/h4-9H,1-2,10H2,3H3;1H/q+1;/p-1. The van der Waals surface area contributed by atoms with Crippen LogP contribution in [0, 0.1) is 0 Å². The van der Waals surface area contributed by atoms with E-state index in [1.54, 1.807) is 7.11 Å². The van der Waals surface area contributed by atoms with E-state index < -0.39 is 0 Å². The van der Waals surface area contributed by atoms with Gasteiger partial charge in [0.25, 0.3) is 0 Å². The number of hydrogen-bond acceptors (Lipinski definition) is 1. The molecule has 1 rings (SSSR count). The first-order chi connectivity index (χ1) is 6.80. The second kappa shape index (κ2) is 7.43. The summed E-state index contributed by atoms with van der Waals surface area (Å²) in [5.74, 6) is 1.88. The molecule has 82 valence electrons. The summed E-state index contributed by atoms with van der Waals surface area (Å²) in [6.45, 7) is 7.56. The minimum Gasteiger partial charge on any atom is -1.00 e. The Hall–Kier alpha value is -0.860. The summed E-state index contributed by atoms with van der Waals surface area (Å²) in [6, 6.07) is 8.10. The highest BCUT2D eigenvalue weighted by Gasteiger charge is 2.09. The molecular formula is C12H15ClOS. The lowest BCUT2D eigenvalue weighted by Crippen LogP contribution is -3.00. The highest BCUT2D eigenvalue weighted by Crippen LogP contribution is 2.15. The largest absolute Gasteiger partial charge is 1.00 e. The quantitative estimate of drug-likeness (QED) is 0.666. The highest BCUT2D eigenvalue weighted by atomic mass is 35.5. The van der Waals surface area contributed by atoms with Gasteiger partial charge < -0.3 is 17.1 Å². The van der Waals surface area contributed by atoms with E-state index in [0.29, 0.717) is 0 Å². The molecule has 0 bridgehead atoms. The van der Waals surface area contributed by atoms with Crippen LogP contribution >= 0.6 is 0 Å². The van der Waals surface area contributed by atoms with Crippen molar-refractivity contribution in [2.24, 2.45) is 0 Å². The van der Waals surface area contributed by atoms with E-state index in [-0.39, 0.29) is 23.3 Å². The molecule has 0 heterocycles. The number of benzene rings is 1. The Morgan fingerprint density at radius 1 is 1.20 bits per heavy atom. The van der Waals surface area contributed by atoms with Gasteiger partial charge in [-0.2, -0.15) is 0 Å². The van der Waals surface area contributed by atoms with Crippen molar-refractivity contribution in [3.63, 3.8) is 0 Å². The molecule has 1 aromatic carbocycles. The molecule has 0 N–H and O–H groups in total. The van der Waals surface area contributed by atoms with E-state index in [2.05, 4.69) is 25.3 Å². The molecule has 0 aromatic heterocycles. The third-order valence-corrected chi connectivity index (χ3v) is 3.44. The van der Waals surface area contributed by atoms with Crippen molar-refractivity contribution in [2.45, 2.75) is 5.75 Å². The second-order valence-corrected chi connectivity index (χ2v) is 4.69. The first kappa shape index (κ1) is 14.1. The van der Waals surface area contributed by atoms with Crippen molar-refractivity contribution < 1.29 is 17.1 Å². The van der Waals surface area contributed by atoms with Crippen molar-refractivity contribution in [3.05, 3.63) is 53.8 Å². The molecule has 1 nitrogen and oxygen atoms in total. The first-order valence-corrected chi connectivity index (χ1v) is 5.88. The highest BCUT2D eigenvalue weighted by molar-refractivity contribution is 8.01. The summed E-state index contributed by atoms with van der Waals surface area (Å²) in [7, 11) is 1.76. The number of rotatable bonds is 5. The average molecular weight is 243 g/mol. The third-order valence-electron chi connectivity index (χ3n) is 1.92. The van der Waals surface area contributed by atoms with Gasteiger partial charge >= 0.3 is 0 Å². The lowest BCUT2D eigenvalue weighted by atomic mass is 10.2. The average Bonchev–Trinajstić information content (AvgIpc) is 2.26. The Kier molecular flexibility index (Phi) is 7.01. The van der Waals surface area contributed by atoms with Crippen LogP contribution in [0.2, 0.25) is 0 Å². The molecule has 0 fully saturated rings. The summed E-state index contributed by atoms with van der Waals surface area (Å²) < 4.78 is 5.09. The van der Waals surface area contributed by atoms with Gasteiger partial charge in [0, 0.05) is 5.56 Å². The fourth-order valence-corrected chi connectivity index (χ4v) is 2.05. The van der Waals surface area contributed by atoms with E-state index in [1.807, 2.05) is 22.9 Å². The summed E-state index contributed by atoms with van der Waals surface area (Å²) in [6.07, 6.45) is 0. The molecule has 0 aliphatic heterocycles. The maximum absolute atomic E-state index is 5.09. The Labute approximate surface area is 101 Å². The second-order valence-electron chi connectivity index (χ2n) is 2.80. The van der Waals surface area contributed by atoms with Crippen molar-refractivity contribution in [1.29, 1.82) is 0 Å². The van der Waals surface area contributed by atoms with Gasteiger partial charge in [-0.1, -0.05) is 25.3 Å². The molecule has 0 atom stereocenters. The smallest absolute Gasteiger partial charge is 0.142 e. The van der Waals surface area contributed by atoms with Gasteiger partial charge in [-0.05, 0) is 12.1 Å². The fourth-order valence-electron chi connectivity index (χ4n) is 1.10. The first-order valence-electron chi connectivity index (χ1n) is 4.36. The third kappa shape index (κ3) is 4.45. The number of hydrogen-bond donors (Lipinski definition) is 0. The van der Waals surface area contributed by atoms with E-state index in [1.165, 1.54) is 5.56 Å². The van der Waals surface area contributed by atoms with E-state index >= 15 is 0 Å². The van der Waals surface area contributed by atoms with Gasteiger partial charge in [0.1, 0.15) is 22.3 Å². The molecule has 0 unspecified atom stereocenters. The monoisotopic (exact) mass is 242 g/mol. The minimum absolute atomic E-state index is 0. The molecule has 0 saturated carbocycles. The van der Waals surface area contributed by atoms with E-state index in [9.17, 15) is 0 Å². The van der Waals surface area contributed by atoms with Crippen molar-refractivity contribution in [3.8, 4) is 5.75 Å². The molecule has 3 heteroatoms. The predicted molar refractivity (Wildman–Crippen MR) is 64.5 cm³/mol. The molecule has 0 aliphatic rings. The SMILES string of the molecule is C=C[S+](C=C)Cc1ccc(OC)cc1.[Cl-]. The molecule has 15 heavy (non-hydrogen) atoms. The Morgan fingerprint density at radius 2 is 1.73 bits per heavy atom. The Morgan fingerprint density at radius 3 is 2.13 bits per heavy atom. The molecule has 0 radical (unpaired) electrons. The summed E-state index contributed by atoms with van der Waals surface area (Å²) in [5, 5.41) is 3.88. The maximum Gasteiger partial charge on any atom is 0.142 e. The van der Waals surface area contributed by atoms with Crippen LogP contribution in [0.4, 0.5) is 0 Å². The van der Waals surface area contributed by atoms with Crippen molar-refractivity contribution >= 4 is 10.9 Å². The minimum atomic E-state index is 0. The zero-order valence-corrected chi connectivity index (χ0v) is 10.4. The van der Waals surface area contributed by atoms with E-state index in [4.69, 9.17) is 4.74 Å². The topological polar surface area (TPSA) is 9.23 Å². The normalized spacial score (nSPS) is 9.20. The Balaban J connectivity index is 0.00000196. The number of methoxy groups -OCH3 is 1. The lowest BCUT2D eigenvalue weighted by molar-refractivity contribution is -0.00000319. The van der Waals surface area contributed by atoms with E-state index in [0.717, 1.165) is 11.5 Å². The summed E-state index contributed by atoms with van der Waals surface area (Å²) in [4.78, 5) is 0. The van der Waals surface area contributed by atoms with Crippen LogP contribution in [0.1, 0.15) is 5.56 Å². The number of ether oxygens (including phenoxy) is 1. The van der Waals surface area contributed by atoms with Crippen LogP contribution < -0.4 is 17.1 Å². The van der Waals surface area contributed by atoms with Crippen LogP contribution in [0.5, 0.6) is 5.75 Å². The van der Waals surface area contributed by atoms with Crippen LogP contribution in [-0.4, -0.2) is 7.11 Å². The fraction of sp³-hybridized carbons (Fsp3) is 0.167. The van der Waals surface area contributed by atoms with Crippen molar-refractivity contribution in [2.75, 3.05) is 7.11 Å². The van der Waals surface area contributed by atoms with Crippen LogP contribution in [0.15, 0.2) is 48.2 Å². The van der Waals surface area contributed by atoms with Crippen LogP contribution in [0.3, 0.4) is 0 Å². The molecule has 0 amide bonds. The van der Waals surface area contributed by atoms with Crippen LogP contribution in [-0.2, 0) is 16.6 Å². The Bertz CT molecular complexity index is 300. The van der Waals surface area contributed by atoms with Crippen LogP contribution in [0.25, 0.3) is 0 Å². The molecular weight excluding hydrogens is 228 g/mol. The van der Waals surface area contributed by atoms with Crippen molar-refractivity contribution in [1.82, 2.24) is 0 Å². The predicted octanol–water partition coefficient (Wildman–Crippen LogP) is 0.104. The lowest BCUT2D eigenvalue weighted by Gasteiger charge is -2.01. The zero-order valence-electron chi connectivity index (χ0n) is 8.78.